The van der Waals surface area contributed by atoms with Crippen LogP contribution in [0.5, 0.6) is 0 Å². The summed E-state index contributed by atoms with van der Waals surface area (Å²) in [6, 6.07) is 17.7. The van der Waals surface area contributed by atoms with Crippen molar-refractivity contribution in [3.8, 4) is 0 Å². The highest BCUT2D eigenvalue weighted by atomic mass is 32.2. The molecule has 0 saturated heterocycles. The van der Waals surface area contributed by atoms with Gasteiger partial charge in [-0.15, -0.1) is 0 Å². The molecule has 7 nitrogen and oxygen atoms in total. The number of nitrogens with zero attached hydrogens (tertiary/aromatic N) is 2. The quantitative estimate of drug-likeness (QED) is 0.467. The Labute approximate surface area is 192 Å². The minimum Gasteiger partial charge on any atom is -0.468 e. The molecule has 0 fully saturated rings. The molecule has 1 atom stereocenters. The topological polar surface area (TPSA) is 82.7 Å². The third kappa shape index (κ3) is 3.37. The van der Waals surface area contributed by atoms with Gasteiger partial charge in [0, 0.05) is 53.6 Å². The Bertz CT molecular complexity index is 1490. The van der Waals surface area contributed by atoms with Crippen LogP contribution in [0.3, 0.4) is 0 Å². The van der Waals surface area contributed by atoms with Gasteiger partial charge in [0.1, 0.15) is 6.04 Å². The zero-order chi connectivity index (χ0) is 23.3. The van der Waals surface area contributed by atoms with E-state index in [9.17, 15) is 13.2 Å². The van der Waals surface area contributed by atoms with Crippen LogP contribution in [-0.4, -0.2) is 50.9 Å². The number of esters is 1. The maximum atomic E-state index is 14.0. The summed E-state index contributed by atoms with van der Waals surface area (Å²) in [6.07, 6.45) is 0.249. The molecule has 8 heteroatoms. The van der Waals surface area contributed by atoms with Gasteiger partial charge in [-0.3, -0.25) is 4.79 Å². The Morgan fingerprint density at radius 1 is 1.00 bits per heavy atom. The van der Waals surface area contributed by atoms with Crippen molar-refractivity contribution in [3.05, 3.63) is 71.9 Å². The lowest BCUT2D eigenvalue weighted by Gasteiger charge is -2.33. The summed E-state index contributed by atoms with van der Waals surface area (Å²) in [7, 11) is 1.11. The van der Waals surface area contributed by atoms with E-state index in [-0.39, 0.29) is 17.9 Å². The summed E-state index contributed by atoms with van der Waals surface area (Å²) in [5.41, 5.74) is 3.60. The van der Waals surface area contributed by atoms with Crippen molar-refractivity contribution in [2.24, 2.45) is 0 Å². The highest BCUT2D eigenvalue weighted by Crippen LogP contribution is 2.37. The number of H-pyrrole nitrogens is 1. The van der Waals surface area contributed by atoms with Crippen molar-refractivity contribution in [3.63, 3.8) is 0 Å². The highest BCUT2D eigenvalue weighted by molar-refractivity contribution is 7.89. The number of hydrogen-bond donors (Lipinski definition) is 1. The molecule has 0 bridgehead atoms. The van der Waals surface area contributed by atoms with Gasteiger partial charge in [-0.2, -0.15) is 4.31 Å². The van der Waals surface area contributed by atoms with Crippen molar-refractivity contribution >= 4 is 43.4 Å². The molecular weight excluding hydrogens is 438 g/mol. The van der Waals surface area contributed by atoms with Crippen LogP contribution in [0.1, 0.15) is 11.3 Å². The highest BCUT2D eigenvalue weighted by Gasteiger charge is 2.42. The SMILES string of the molecule is COC(=O)C1Cc2c([nH]c3ccccc23)CN1S(=O)(=O)c1cccc2c(N(C)C)cccc12. The molecule has 1 aromatic heterocycles. The number of aromatic amines is 1. The Morgan fingerprint density at radius 3 is 2.45 bits per heavy atom. The van der Waals surface area contributed by atoms with Gasteiger partial charge in [-0.25, -0.2) is 8.42 Å². The fourth-order valence-corrected chi connectivity index (χ4v) is 6.53. The monoisotopic (exact) mass is 463 g/mol. The normalized spacial score (nSPS) is 16.6. The van der Waals surface area contributed by atoms with E-state index in [1.165, 1.54) is 11.4 Å². The first-order valence-corrected chi connectivity index (χ1v) is 12.1. The number of benzene rings is 3. The van der Waals surface area contributed by atoms with Crippen molar-refractivity contribution in [1.82, 2.24) is 9.29 Å². The summed E-state index contributed by atoms with van der Waals surface area (Å²) in [5.74, 6) is -0.566. The first-order valence-electron chi connectivity index (χ1n) is 10.7. The molecule has 5 rings (SSSR count). The summed E-state index contributed by atoms with van der Waals surface area (Å²) in [5, 5.41) is 2.45. The first kappa shape index (κ1) is 21.5. The molecule has 1 aliphatic heterocycles. The first-order chi connectivity index (χ1) is 15.8. The van der Waals surface area contributed by atoms with Gasteiger partial charge >= 0.3 is 5.97 Å². The molecule has 33 heavy (non-hydrogen) atoms. The number of ether oxygens (including phenoxy) is 1. The molecule has 0 spiro atoms. The second-order valence-electron chi connectivity index (χ2n) is 8.44. The van der Waals surface area contributed by atoms with Gasteiger partial charge in [-0.05, 0) is 23.8 Å². The van der Waals surface area contributed by atoms with Crippen LogP contribution in [0.15, 0.2) is 65.6 Å². The lowest BCUT2D eigenvalue weighted by atomic mass is 9.98. The molecule has 0 aliphatic carbocycles. The number of para-hydroxylation sites is 1. The number of rotatable bonds is 4. The van der Waals surface area contributed by atoms with Crippen LogP contribution < -0.4 is 4.90 Å². The Hall–Kier alpha value is -3.36. The zero-order valence-electron chi connectivity index (χ0n) is 18.7. The van der Waals surface area contributed by atoms with Gasteiger partial charge in [-0.1, -0.05) is 42.5 Å². The number of methoxy groups -OCH3 is 1. The molecule has 0 saturated carbocycles. The summed E-state index contributed by atoms with van der Waals surface area (Å²) in [6.45, 7) is 0.0653. The summed E-state index contributed by atoms with van der Waals surface area (Å²) >= 11 is 0. The van der Waals surface area contributed by atoms with E-state index in [1.807, 2.05) is 61.5 Å². The number of nitrogens with one attached hydrogen (secondary N) is 1. The van der Waals surface area contributed by atoms with E-state index >= 15 is 0 Å². The second kappa shape index (κ2) is 7.90. The fraction of sp³-hybridized carbons (Fsp3) is 0.240. The van der Waals surface area contributed by atoms with Gasteiger partial charge in [0.05, 0.1) is 18.6 Å². The largest absolute Gasteiger partial charge is 0.468 e. The minimum absolute atomic E-state index is 0.0653. The number of fused-ring (bicyclic) bond motifs is 4. The van der Waals surface area contributed by atoms with Crippen LogP contribution in [0, 0.1) is 0 Å². The van der Waals surface area contributed by atoms with Gasteiger partial charge < -0.3 is 14.6 Å². The average Bonchev–Trinajstić information content (AvgIpc) is 3.19. The Balaban J connectivity index is 1.68. The summed E-state index contributed by atoms with van der Waals surface area (Å²) in [4.78, 5) is 18.3. The number of sulfonamides is 1. The van der Waals surface area contributed by atoms with Crippen molar-refractivity contribution in [2.75, 3.05) is 26.1 Å². The van der Waals surface area contributed by atoms with Gasteiger partial charge in [0.2, 0.25) is 10.0 Å². The molecule has 4 aromatic rings. The number of aromatic nitrogens is 1. The van der Waals surface area contributed by atoms with E-state index in [2.05, 4.69) is 4.98 Å². The molecule has 170 valence electrons. The van der Waals surface area contributed by atoms with Crippen molar-refractivity contribution in [1.29, 1.82) is 0 Å². The predicted octanol–water partition coefficient (Wildman–Crippen LogP) is 3.68. The standard InChI is InChI=1S/C25H25N3O4S/c1-27(2)22-12-6-10-18-17(22)9-7-13-24(18)33(30,31)28-15-21-19(14-23(28)25(29)32-3)16-8-4-5-11-20(16)26-21/h4-13,23,26H,14-15H2,1-3H3. The lowest BCUT2D eigenvalue weighted by Crippen LogP contribution is -2.49. The van der Waals surface area contributed by atoms with Crippen molar-refractivity contribution < 1.29 is 17.9 Å². The van der Waals surface area contributed by atoms with Crippen molar-refractivity contribution in [2.45, 2.75) is 23.9 Å². The maximum Gasteiger partial charge on any atom is 0.324 e. The third-order valence-electron chi connectivity index (χ3n) is 6.36. The minimum atomic E-state index is -4.02. The van der Waals surface area contributed by atoms with E-state index in [0.29, 0.717) is 5.39 Å². The van der Waals surface area contributed by atoms with Crippen LogP contribution in [0.25, 0.3) is 21.7 Å². The summed E-state index contributed by atoms with van der Waals surface area (Å²) < 4.78 is 34.4. The molecule has 1 aliphatic rings. The zero-order valence-corrected chi connectivity index (χ0v) is 19.5. The molecule has 0 amide bonds. The number of carbonyl (C=O) groups is 1. The third-order valence-corrected chi connectivity index (χ3v) is 8.27. The number of anilines is 1. The van der Waals surface area contributed by atoms with E-state index in [0.717, 1.165) is 33.2 Å². The van der Waals surface area contributed by atoms with Gasteiger partial charge in [0.25, 0.3) is 0 Å². The number of hydrogen-bond acceptors (Lipinski definition) is 5. The van der Waals surface area contributed by atoms with Gasteiger partial charge in [0.15, 0.2) is 0 Å². The molecular formula is C25H25N3O4S. The molecule has 2 heterocycles. The van der Waals surface area contributed by atoms with Crippen LogP contribution in [0.2, 0.25) is 0 Å². The smallest absolute Gasteiger partial charge is 0.324 e. The molecule has 1 N–H and O–H groups in total. The lowest BCUT2D eigenvalue weighted by molar-refractivity contribution is -0.145. The Kier molecular flexibility index (Phi) is 5.14. The van der Waals surface area contributed by atoms with E-state index in [4.69, 9.17) is 4.74 Å². The maximum absolute atomic E-state index is 14.0. The molecule has 0 radical (unpaired) electrons. The molecule has 1 unspecified atom stereocenters. The second-order valence-corrected chi connectivity index (χ2v) is 10.3. The average molecular weight is 464 g/mol. The fourth-order valence-electron chi connectivity index (χ4n) is 4.78. The molecule has 3 aromatic carbocycles. The van der Waals surface area contributed by atoms with Crippen LogP contribution >= 0.6 is 0 Å². The predicted molar refractivity (Wildman–Crippen MR) is 129 cm³/mol. The number of carbonyl (C=O) groups excluding carboxylic acids is 1. The van der Waals surface area contributed by atoms with Crippen LogP contribution in [0.4, 0.5) is 5.69 Å². The van der Waals surface area contributed by atoms with E-state index < -0.39 is 22.0 Å². The Morgan fingerprint density at radius 2 is 1.70 bits per heavy atom. The van der Waals surface area contributed by atoms with E-state index in [1.54, 1.807) is 18.2 Å². The van der Waals surface area contributed by atoms with Crippen LogP contribution in [-0.2, 0) is 32.5 Å².